The zero-order chi connectivity index (χ0) is 21.2. The fraction of sp³-hybridized carbons (Fsp3) is 0.591. The Morgan fingerprint density at radius 1 is 1.07 bits per heavy atom. The molecule has 2 amide bonds. The number of aliphatic imine (C=N–C) groups is 1. The Bertz CT molecular complexity index is 709. The first-order chi connectivity index (χ1) is 13.9. The summed E-state index contributed by atoms with van der Waals surface area (Å²) in [7, 11) is 6.99. The Morgan fingerprint density at radius 3 is 2.45 bits per heavy atom. The summed E-state index contributed by atoms with van der Waals surface area (Å²) in [6.07, 6.45) is 6.79. The van der Waals surface area contributed by atoms with Crippen molar-refractivity contribution in [1.29, 1.82) is 0 Å². The molecule has 1 saturated carbocycles. The van der Waals surface area contributed by atoms with Crippen molar-refractivity contribution in [3.63, 3.8) is 0 Å². The molecule has 1 aromatic carbocycles. The highest BCUT2D eigenvalue weighted by Crippen LogP contribution is 2.17. The lowest BCUT2D eigenvalue weighted by Crippen LogP contribution is -2.45. The van der Waals surface area contributed by atoms with Crippen LogP contribution in [0.4, 0.5) is 0 Å². The minimum atomic E-state index is -0.0235. The number of likely N-dealkylation sites (N-methyl/N-ethyl adjacent to an activating group) is 1. The Labute approximate surface area is 174 Å². The molecule has 1 aliphatic rings. The monoisotopic (exact) mass is 401 g/mol. The van der Waals surface area contributed by atoms with E-state index in [1.54, 1.807) is 38.0 Å². The van der Waals surface area contributed by atoms with Gasteiger partial charge in [-0.05, 0) is 37.0 Å². The van der Waals surface area contributed by atoms with Crippen LogP contribution in [0.15, 0.2) is 29.3 Å². The maximum absolute atomic E-state index is 12.1. The topological polar surface area (TPSA) is 77.0 Å². The van der Waals surface area contributed by atoms with Gasteiger partial charge in [0.1, 0.15) is 6.54 Å². The molecule has 0 aromatic heterocycles. The summed E-state index contributed by atoms with van der Waals surface area (Å²) in [4.78, 5) is 31.7. The zero-order valence-electron chi connectivity index (χ0n) is 18.2. The van der Waals surface area contributed by atoms with Crippen molar-refractivity contribution in [2.75, 3.05) is 41.3 Å². The molecule has 160 valence electrons. The second kappa shape index (κ2) is 11.4. The second-order valence-electron chi connectivity index (χ2n) is 8.01. The number of carbonyl (C=O) groups is 2. The van der Waals surface area contributed by atoms with E-state index < -0.39 is 0 Å². The third-order valence-corrected chi connectivity index (χ3v) is 5.10. The molecule has 0 bridgehead atoms. The molecule has 2 N–H and O–H groups in total. The molecule has 29 heavy (non-hydrogen) atoms. The lowest BCUT2D eigenvalue weighted by molar-refractivity contribution is -0.127. The highest BCUT2D eigenvalue weighted by molar-refractivity contribution is 5.94. The van der Waals surface area contributed by atoms with Crippen LogP contribution in [0.5, 0.6) is 0 Å². The first kappa shape index (κ1) is 22.7. The summed E-state index contributed by atoms with van der Waals surface area (Å²) >= 11 is 0. The number of guanidine groups is 1. The number of carbonyl (C=O) groups excluding carboxylic acids is 2. The van der Waals surface area contributed by atoms with Gasteiger partial charge in [-0.3, -0.25) is 9.59 Å². The van der Waals surface area contributed by atoms with E-state index in [0.29, 0.717) is 24.1 Å². The fourth-order valence-corrected chi connectivity index (χ4v) is 3.32. The van der Waals surface area contributed by atoms with Gasteiger partial charge in [-0.25, -0.2) is 4.99 Å². The molecule has 7 nitrogen and oxygen atoms in total. The van der Waals surface area contributed by atoms with Crippen molar-refractivity contribution in [2.24, 2.45) is 4.99 Å². The van der Waals surface area contributed by atoms with Gasteiger partial charge in [0.2, 0.25) is 5.91 Å². The van der Waals surface area contributed by atoms with Gasteiger partial charge in [0, 0.05) is 46.3 Å². The number of benzene rings is 1. The van der Waals surface area contributed by atoms with Crippen LogP contribution in [0, 0.1) is 0 Å². The number of nitrogens with zero attached hydrogens (tertiary/aromatic N) is 3. The molecular formula is C22H35N5O2. The number of amides is 2. The van der Waals surface area contributed by atoms with Crippen LogP contribution in [0.3, 0.4) is 0 Å². The van der Waals surface area contributed by atoms with Gasteiger partial charge in [-0.2, -0.15) is 0 Å². The van der Waals surface area contributed by atoms with E-state index in [-0.39, 0.29) is 18.4 Å². The molecule has 0 unspecified atom stereocenters. The van der Waals surface area contributed by atoms with Crippen molar-refractivity contribution in [3.05, 3.63) is 35.4 Å². The maximum Gasteiger partial charge on any atom is 0.253 e. The average Bonchev–Trinajstić information content (AvgIpc) is 2.71. The molecule has 7 heteroatoms. The average molecular weight is 402 g/mol. The maximum atomic E-state index is 12.1. The van der Waals surface area contributed by atoms with Crippen LogP contribution >= 0.6 is 0 Å². The lowest BCUT2D eigenvalue weighted by Gasteiger charge is -2.25. The largest absolute Gasteiger partial charge is 0.356 e. The van der Waals surface area contributed by atoms with Crippen LogP contribution in [-0.2, 0) is 11.2 Å². The van der Waals surface area contributed by atoms with Gasteiger partial charge < -0.3 is 20.4 Å². The highest BCUT2D eigenvalue weighted by Gasteiger charge is 2.15. The second-order valence-corrected chi connectivity index (χ2v) is 8.01. The SMILES string of the molecule is CN(C)C(=O)CN=C(NCCc1cccc(C(=O)N(C)C)c1)NC1CCCCC1. The van der Waals surface area contributed by atoms with Gasteiger partial charge in [0.25, 0.3) is 5.91 Å². The van der Waals surface area contributed by atoms with E-state index in [1.807, 2.05) is 24.3 Å². The van der Waals surface area contributed by atoms with Gasteiger partial charge >= 0.3 is 0 Å². The van der Waals surface area contributed by atoms with E-state index in [2.05, 4.69) is 15.6 Å². The van der Waals surface area contributed by atoms with Crippen molar-refractivity contribution in [3.8, 4) is 0 Å². The fourth-order valence-electron chi connectivity index (χ4n) is 3.32. The van der Waals surface area contributed by atoms with Crippen molar-refractivity contribution >= 4 is 17.8 Å². The number of nitrogens with one attached hydrogen (secondary N) is 2. The molecule has 0 atom stereocenters. The van der Waals surface area contributed by atoms with Crippen LogP contribution in [0.2, 0.25) is 0 Å². The van der Waals surface area contributed by atoms with Crippen molar-refractivity contribution in [1.82, 2.24) is 20.4 Å². The molecule has 0 spiro atoms. The molecule has 0 saturated heterocycles. The summed E-state index contributed by atoms with van der Waals surface area (Å²) < 4.78 is 0. The minimum Gasteiger partial charge on any atom is -0.356 e. The summed E-state index contributed by atoms with van der Waals surface area (Å²) in [6.45, 7) is 0.802. The first-order valence-corrected chi connectivity index (χ1v) is 10.4. The van der Waals surface area contributed by atoms with Crippen LogP contribution in [-0.4, -0.2) is 74.9 Å². The number of hydrogen-bond acceptors (Lipinski definition) is 3. The molecule has 0 heterocycles. The first-order valence-electron chi connectivity index (χ1n) is 10.4. The van der Waals surface area contributed by atoms with Gasteiger partial charge in [0.05, 0.1) is 0 Å². The van der Waals surface area contributed by atoms with Crippen LogP contribution in [0.1, 0.15) is 48.0 Å². The van der Waals surface area contributed by atoms with Gasteiger partial charge in [-0.1, -0.05) is 31.4 Å². The van der Waals surface area contributed by atoms with Gasteiger partial charge in [0.15, 0.2) is 5.96 Å². The third-order valence-electron chi connectivity index (χ3n) is 5.10. The van der Waals surface area contributed by atoms with E-state index in [9.17, 15) is 9.59 Å². The van der Waals surface area contributed by atoms with Crippen LogP contribution in [0.25, 0.3) is 0 Å². The van der Waals surface area contributed by atoms with Gasteiger partial charge in [-0.15, -0.1) is 0 Å². The molecule has 1 fully saturated rings. The third kappa shape index (κ3) is 7.75. The molecule has 1 aliphatic carbocycles. The van der Waals surface area contributed by atoms with E-state index >= 15 is 0 Å². The summed E-state index contributed by atoms with van der Waals surface area (Å²) in [5.74, 6) is 0.667. The van der Waals surface area contributed by atoms with Crippen molar-refractivity contribution in [2.45, 2.75) is 44.6 Å². The normalized spacial score (nSPS) is 15.0. The highest BCUT2D eigenvalue weighted by atomic mass is 16.2. The van der Waals surface area contributed by atoms with E-state index in [4.69, 9.17) is 0 Å². The predicted octanol–water partition coefficient (Wildman–Crippen LogP) is 1.89. The van der Waals surface area contributed by atoms with Crippen LogP contribution < -0.4 is 10.6 Å². The quantitative estimate of drug-likeness (QED) is 0.540. The Morgan fingerprint density at radius 2 is 1.79 bits per heavy atom. The van der Waals surface area contributed by atoms with E-state index in [0.717, 1.165) is 24.8 Å². The number of rotatable bonds is 7. The molecule has 1 aromatic rings. The summed E-state index contributed by atoms with van der Waals surface area (Å²) in [5, 5.41) is 6.84. The predicted molar refractivity (Wildman–Crippen MR) is 117 cm³/mol. The van der Waals surface area contributed by atoms with Crippen molar-refractivity contribution < 1.29 is 9.59 Å². The summed E-state index contributed by atoms with van der Waals surface area (Å²) in [5.41, 5.74) is 1.78. The molecule has 2 rings (SSSR count). The molecular weight excluding hydrogens is 366 g/mol. The Kier molecular flexibility index (Phi) is 8.96. The standard InChI is InChI=1S/C22H35N5O2/c1-26(2)20(28)16-24-22(25-19-11-6-5-7-12-19)23-14-13-17-9-8-10-18(15-17)21(29)27(3)4/h8-10,15,19H,5-7,11-14,16H2,1-4H3,(H2,23,24,25). The smallest absolute Gasteiger partial charge is 0.253 e. The molecule has 0 radical (unpaired) electrons. The number of hydrogen-bond donors (Lipinski definition) is 2. The summed E-state index contributed by atoms with van der Waals surface area (Å²) in [6, 6.07) is 8.12. The molecule has 0 aliphatic heterocycles. The Hall–Kier alpha value is -2.57. The van der Waals surface area contributed by atoms with E-state index in [1.165, 1.54) is 19.3 Å². The Balaban J connectivity index is 1.95. The minimum absolute atomic E-state index is 0.00298. The zero-order valence-corrected chi connectivity index (χ0v) is 18.2. The lowest BCUT2D eigenvalue weighted by atomic mass is 9.96.